The Kier molecular flexibility index (Phi) is 6.04. The zero-order chi connectivity index (χ0) is 20.1. The lowest BCUT2D eigenvalue weighted by atomic mass is 10.0. The van der Waals surface area contributed by atoms with Crippen LogP contribution in [0.25, 0.3) is 11.8 Å². The van der Waals surface area contributed by atoms with E-state index in [0.717, 1.165) is 16.8 Å². The molecule has 28 heavy (non-hydrogen) atoms. The molecule has 5 heteroatoms. The molecular formula is C23H26N4O. The maximum Gasteiger partial charge on any atom is 0.246 e. The van der Waals surface area contributed by atoms with Crippen molar-refractivity contribution in [2.24, 2.45) is 0 Å². The summed E-state index contributed by atoms with van der Waals surface area (Å²) in [6.45, 7) is 6.36. The Hall–Kier alpha value is -3.21. The average molecular weight is 374 g/mol. The summed E-state index contributed by atoms with van der Waals surface area (Å²) in [7, 11) is 1.82. The van der Waals surface area contributed by atoms with Gasteiger partial charge in [-0.1, -0.05) is 50.2 Å². The molecule has 1 amide bonds. The highest BCUT2D eigenvalue weighted by atomic mass is 16.2. The fraction of sp³-hybridized carbons (Fsp3) is 0.261. The van der Waals surface area contributed by atoms with Gasteiger partial charge in [0.15, 0.2) is 0 Å². The molecule has 0 aliphatic rings. The number of carbonyl (C=O) groups is 1. The van der Waals surface area contributed by atoms with E-state index in [0.29, 0.717) is 5.92 Å². The van der Waals surface area contributed by atoms with Crippen molar-refractivity contribution in [1.82, 2.24) is 19.7 Å². The van der Waals surface area contributed by atoms with Gasteiger partial charge in [0.2, 0.25) is 5.91 Å². The fourth-order valence-corrected chi connectivity index (χ4v) is 2.94. The van der Waals surface area contributed by atoms with E-state index in [9.17, 15) is 4.79 Å². The van der Waals surface area contributed by atoms with Gasteiger partial charge in [0.05, 0.1) is 11.7 Å². The third kappa shape index (κ3) is 4.55. The van der Waals surface area contributed by atoms with Crippen LogP contribution in [0.5, 0.6) is 0 Å². The predicted molar refractivity (Wildman–Crippen MR) is 112 cm³/mol. The Labute approximate surface area is 166 Å². The lowest BCUT2D eigenvalue weighted by molar-refractivity contribution is -0.126. The molecule has 3 rings (SSSR count). The SMILES string of the molecule is CC(C)c1ccc(/C=C/C(=O)N(C)[C@H](C)c2ccc(-n3cncn3)cc2)cc1. The number of hydrogen-bond donors (Lipinski definition) is 0. The van der Waals surface area contributed by atoms with Crippen LogP contribution < -0.4 is 0 Å². The van der Waals surface area contributed by atoms with Gasteiger partial charge in [0.1, 0.15) is 12.7 Å². The quantitative estimate of drug-likeness (QED) is 0.592. The summed E-state index contributed by atoms with van der Waals surface area (Å²) in [5.74, 6) is 0.475. The van der Waals surface area contributed by atoms with Crippen molar-refractivity contribution in [3.8, 4) is 5.69 Å². The zero-order valence-corrected chi connectivity index (χ0v) is 16.8. The number of benzene rings is 2. The van der Waals surface area contributed by atoms with Crippen molar-refractivity contribution in [1.29, 1.82) is 0 Å². The number of likely N-dealkylation sites (N-methyl/N-ethyl adjacent to an activating group) is 1. The predicted octanol–water partition coefficient (Wildman–Crippen LogP) is 4.62. The summed E-state index contributed by atoms with van der Waals surface area (Å²) < 4.78 is 1.70. The summed E-state index contributed by atoms with van der Waals surface area (Å²) in [6.07, 6.45) is 6.66. The molecular weight excluding hydrogens is 348 g/mol. The van der Waals surface area contributed by atoms with Crippen molar-refractivity contribution >= 4 is 12.0 Å². The average Bonchev–Trinajstić information content (AvgIpc) is 3.26. The second-order valence-electron chi connectivity index (χ2n) is 7.21. The van der Waals surface area contributed by atoms with Gasteiger partial charge in [-0.05, 0) is 47.7 Å². The van der Waals surface area contributed by atoms with Crippen LogP contribution >= 0.6 is 0 Å². The van der Waals surface area contributed by atoms with Crippen molar-refractivity contribution in [2.45, 2.75) is 32.7 Å². The Bertz CT molecular complexity index is 926. The molecule has 0 fully saturated rings. The van der Waals surface area contributed by atoms with Gasteiger partial charge in [-0.2, -0.15) is 5.10 Å². The monoisotopic (exact) mass is 374 g/mol. The first kappa shape index (κ1) is 19.5. The van der Waals surface area contributed by atoms with Crippen LogP contribution in [-0.2, 0) is 4.79 Å². The molecule has 5 nitrogen and oxygen atoms in total. The summed E-state index contributed by atoms with van der Waals surface area (Å²) in [6, 6.07) is 16.3. The minimum atomic E-state index is -0.0368. The molecule has 0 aliphatic carbocycles. The number of hydrogen-bond acceptors (Lipinski definition) is 3. The molecule has 3 aromatic rings. The van der Waals surface area contributed by atoms with Crippen LogP contribution in [0.3, 0.4) is 0 Å². The van der Waals surface area contributed by atoms with Gasteiger partial charge in [-0.25, -0.2) is 9.67 Å². The Morgan fingerprint density at radius 1 is 1.00 bits per heavy atom. The number of amides is 1. The standard InChI is InChI=1S/C23H26N4O/c1-17(2)20-8-5-19(6-9-20)7-14-23(28)26(4)18(3)21-10-12-22(13-11-21)27-16-24-15-25-27/h5-18H,1-4H3/b14-7+/t18-/m1/s1. The van der Waals surface area contributed by atoms with Crippen LogP contribution in [0.15, 0.2) is 67.3 Å². The summed E-state index contributed by atoms with van der Waals surface area (Å²) in [4.78, 5) is 18.3. The molecule has 0 spiro atoms. The van der Waals surface area contributed by atoms with Crippen molar-refractivity contribution in [2.75, 3.05) is 7.05 Å². The van der Waals surface area contributed by atoms with Gasteiger partial charge in [0.25, 0.3) is 0 Å². The molecule has 0 saturated carbocycles. The third-order valence-corrected chi connectivity index (χ3v) is 5.01. The lowest BCUT2D eigenvalue weighted by Gasteiger charge is -2.24. The van der Waals surface area contributed by atoms with Crippen molar-refractivity contribution in [3.63, 3.8) is 0 Å². The minimum Gasteiger partial charge on any atom is -0.335 e. The Morgan fingerprint density at radius 3 is 2.21 bits per heavy atom. The maximum absolute atomic E-state index is 12.6. The van der Waals surface area contributed by atoms with E-state index >= 15 is 0 Å². The molecule has 144 valence electrons. The van der Waals surface area contributed by atoms with Gasteiger partial charge in [0, 0.05) is 13.1 Å². The van der Waals surface area contributed by atoms with E-state index in [-0.39, 0.29) is 11.9 Å². The van der Waals surface area contributed by atoms with E-state index in [2.05, 4.69) is 36.1 Å². The van der Waals surface area contributed by atoms with E-state index in [4.69, 9.17) is 0 Å². The Morgan fingerprint density at radius 2 is 1.64 bits per heavy atom. The first-order valence-electron chi connectivity index (χ1n) is 9.45. The van der Waals surface area contributed by atoms with Crippen LogP contribution in [0.4, 0.5) is 0 Å². The first-order valence-corrected chi connectivity index (χ1v) is 9.45. The molecule has 0 bridgehead atoms. The minimum absolute atomic E-state index is 0.0270. The maximum atomic E-state index is 12.6. The molecule has 1 heterocycles. The van der Waals surface area contributed by atoms with Crippen molar-refractivity contribution < 1.29 is 4.79 Å². The highest BCUT2D eigenvalue weighted by Gasteiger charge is 2.15. The molecule has 0 aliphatic heterocycles. The van der Waals surface area contributed by atoms with E-state index < -0.39 is 0 Å². The first-order chi connectivity index (χ1) is 13.5. The molecule has 0 N–H and O–H groups in total. The van der Waals surface area contributed by atoms with Gasteiger partial charge in [-0.3, -0.25) is 4.79 Å². The second-order valence-corrected chi connectivity index (χ2v) is 7.21. The molecule has 0 unspecified atom stereocenters. The number of nitrogens with zero attached hydrogens (tertiary/aromatic N) is 4. The molecule has 2 aromatic carbocycles. The molecule has 0 saturated heterocycles. The largest absolute Gasteiger partial charge is 0.335 e. The number of rotatable bonds is 6. The zero-order valence-electron chi connectivity index (χ0n) is 16.8. The third-order valence-electron chi connectivity index (χ3n) is 5.01. The second kappa shape index (κ2) is 8.65. The van der Waals surface area contributed by atoms with Gasteiger partial charge in [-0.15, -0.1) is 0 Å². The van der Waals surface area contributed by atoms with Gasteiger partial charge >= 0.3 is 0 Å². The molecule has 1 atom stereocenters. The van der Waals surface area contributed by atoms with E-state index in [1.54, 1.807) is 22.0 Å². The highest BCUT2D eigenvalue weighted by molar-refractivity contribution is 5.91. The number of carbonyl (C=O) groups excluding carboxylic acids is 1. The normalized spacial score (nSPS) is 12.5. The summed E-state index contributed by atoms with van der Waals surface area (Å²) in [5, 5.41) is 4.12. The van der Waals surface area contributed by atoms with Crippen LogP contribution in [-0.4, -0.2) is 32.6 Å². The molecule has 0 radical (unpaired) electrons. The highest BCUT2D eigenvalue weighted by Crippen LogP contribution is 2.21. The summed E-state index contributed by atoms with van der Waals surface area (Å²) in [5.41, 5.74) is 4.32. The smallest absolute Gasteiger partial charge is 0.246 e. The van der Waals surface area contributed by atoms with Crippen LogP contribution in [0.1, 0.15) is 49.4 Å². The molecule has 1 aromatic heterocycles. The summed E-state index contributed by atoms with van der Waals surface area (Å²) >= 11 is 0. The van der Waals surface area contributed by atoms with E-state index in [1.807, 2.05) is 56.4 Å². The Balaban J connectivity index is 1.65. The van der Waals surface area contributed by atoms with Crippen LogP contribution in [0, 0.1) is 0 Å². The van der Waals surface area contributed by atoms with Crippen LogP contribution in [0.2, 0.25) is 0 Å². The van der Waals surface area contributed by atoms with Crippen molar-refractivity contribution in [3.05, 3.63) is 84.0 Å². The number of aromatic nitrogens is 3. The lowest BCUT2D eigenvalue weighted by Crippen LogP contribution is -2.27. The topological polar surface area (TPSA) is 51.0 Å². The van der Waals surface area contributed by atoms with Gasteiger partial charge < -0.3 is 4.90 Å². The fourth-order valence-electron chi connectivity index (χ4n) is 2.94. The van der Waals surface area contributed by atoms with E-state index in [1.165, 1.54) is 11.9 Å².